The molecular formula is C57H96NO8P. The van der Waals surface area contributed by atoms with Crippen LogP contribution < -0.4 is 5.73 Å². The highest BCUT2D eigenvalue weighted by Crippen LogP contribution is 2.43. The van der Waals surface area contributed by atoms with E-state index in [1.807, 2.05) is 0 Å². The molecule has 0 aromatic rings. The minimum atomic E-state index is -4.40. The first-order chi connectivity index (χ1) is 32.8. The van der Waals surface area contributed by atoms with E-state index in [2.05, 4.69) is 123 Å². The first-order valence-corrected chi connectivity index (χ1v) is 27.9. The normalized spacial score (nSPS) is 14.0. The first kappa shape index (κ1) is 63.7. The van der Waals surface area contributed by atoms with E-state index in [1.165, 1.54) is 83.5 Å². The van der Waals surface area contributed by atoms with Crippen molar-refractivity contribution in [2.24, 2.45) is 5.73 Å². The van der Waals surface area contributed by atoms with Crippen LogP contribution in [0.15, 0.2) is 109 Å². The number of ether oxygens (including phenoxy) is 2. The number of allylic oxidation sites excluding steroid dienone is 18. The zero-order valence-electron chi connectivity index (χ0n) is 42.3. The van der Waals surface area contributed by atoms with Crippen LogP contribution in [-0.4, -0.2) is 49.3 Å². The van der Waals surface area contributed by atoms with Gasteiger partial charge in [0.15, 0.2) is 6.10 Å². The number of esters is 2. The van der Waals surface area contributed by atoms with Gasteiger partial charge in [0.05, 0.1) is 13.2 Å². The molecule has 3 N–H and O–H groups in total. The fourth-order valence-corrected chi connectivity index (χ4v) is 7.53. The number of unbranched alkanes of at least 4 members (excludes halogenated alkanes) is 17. The summed E-state index contributed by atoms with van der Waals surface area (Å²) < 4.78 is 32.9. The van der Waals surface area contributed by atoms with Crippen LogP contribution in [0.4, 0.5) is 0 Å². The van der Waals surface area contributed by atoms with Crippen LogP contribution in [0.25, 0.3) is 0 Å². The molecule has 0 aromatic heterocycles. The quantitative estimate of drug-likeness (QED) is 0.0264. The molecule has 0 fully saturated rings. The van der Waals surface area contributed by atoms with E-state index in [1.54, 1.807) is 0 Å². The van der Waals surface area contributed by atoms with E-state index in [4.69, 9.17) is 24.3 Å². The molecule has 0 saturated heterocycles. The van der Waals surface area contributed by atoms with E-state index in [0.29, 0.717) is 6.42 Å². The lowest BCUT2D eigenvalue weighted by atomic mass is 10.1. The maximum absolute atomic E-state index is 12.7. The zero-order valence-corrected chi connectivity index (χ0v) is 43.2. The molecule has 0 aliphatic carbocycles. The highest BCUT2D eigenvalue weighted by Gasteiger charge is 2.26. The van der Waals surface area contributed by atoms with Crippen molar-refractivity contribution in [3.8, 4) is 0 Å². The van der Waals surface area contributed by atoms with Crippen LogP contribution in [0, 0.1) is 0 Å². The standard InChI is InChI=1S/C57H96NO8P/c1-3-5-7-9-11-13-15-17-19-21-23-24-25-26-27-28-29-30-32-34-36-38-40-42-44-46-48-50-57(60)66-55(54-65-67(61,62)64-52-51-58)53-63-56(59)49-47-45-43-41-39-37-35-33-31-22-20-18-16-14-12-10-8-6-4-2/h5,7,11,13,17-20,23-24,26-27,29-30,34,36,40,42,55H,3-4,6,8-10,12,14-16,21-22,25,28,31-33,35,37-39,41,43-54,58H2,1-2H3,(H,61,62)/b7-5-,13-11-,19-17-,20-18-,24-23-,27-26-,30-29-,36-34-,42-40-. The fourth-order valence-electron chi connectivity index (χ4n) is 6.76. The van der Waals surface area contributed by atoms with Crippen molar-refractivity contribution in [1.29, 1.82) is 0 Å². The Kier molecular flexibility index (Phi) is 49.5. The molecule has 10 heteroatoms. The van der Waals surface area contributed by atoms with Gasteiger partial charge in [-0.3, -0.25) is 18.6 Å². The Morgan fingerprint density at radius 1 is 0.463 bits per heavy atom. The molecule has 67 heavy (non-hydrogen) atoms. The van der Waals surface area contributed by atoms with Crippen LogP contribution in [0.2, 0.25) is 0 Å². The molecule has 2 atom stereocenters. The average Bonchev–Trinajstić information content (AvgIpc) is 3.32. The molecule has 0 bridgehead atoms. The molecule has 0 rings (SSSR count). The second-order valence-corrected chi connectivity index (χ2v) is 18.5. The predicted molar refractivity (Wildman–Crippen MR) is 284 cm³/mol. The Hall–Kier alpha value is -3.33. The topological polar surface area (TPSA) is 134 Å². The molecule has 0 amide bonds. The molecule has 0 spiro atoms. The summed E-state index contributed by atoms with van der Waals surface area (Å²) in [5.74, 6) is -0.888. The SMILES string of the molecule is CC/C=C\C/C=C\C/C=C\C/C=C\C/C=C\C/C=C\C/C=C\C/C=C\CCCCC(=O)OC(COC(=O)CCCCCCCCCCC/C=C\CCCCCCCC)COP(=O)(O)OCCN. The van der Waals surface area contributed by atoms with Gasteiger partial charge in [-0.1, -0.05) is 200 Å². The lowest BCUT2D eigenvalue weighted by molar-refractivity contribution is -0.161. The molecule has 0 heterocycles. The Bertz CT molecular complexity index is 1460. The summed E-state index contributed by atoms with van der Waals surface area (Å²) in [7, 11) is -4.40. The van der Waals surface area contributed by atoms with Gasteiger partial charge in [0, 0.05) is 19.4 Å². The monoisotopic (exact) mass is 954 g/mol. The maximum Gasteiger partial charge on any atom is 0.472 e. The second kappa shape index (κ2) is 52.0. The van der Waals surface area contributed by atoms with Crippen molar-refractivity contribution in [2.45, 2.75) is 213 Å². The molecule has 0 radical (unpaired) electrons. The van der Waals surface area contributed by atoms with E-state index < -0.39 is 32.5 Å². The van der Waals surface area contributed by atoms with Crippen molar-refractivity contribution in [1.82, 2.24) is 0 Å². The summed E-state index contributed by atoms with van der Waals surface area (Å²) in [6, 6.07) is 0. The highest BCUT2D eigenvalue weighted by molar-refractivity contribution is 7.47. The summed E-state index contributed by atoms with van der Waals surface area (Å²) >= 11 is 0. The molecule has 9 nitrogen and oxygen atoms in total. The van der Waals surface area contributed by atoms with Gasteiger partial charge in [-0.05, 0) is 103 Å². The van der Waals surface area contributed by atoms with Crippen molar-refractivity contribution < 1.29 is 37.6 Å². The number of carbonyl (C=O) groups is 2. The third-order valence-electron chi connectivity index (χ3n) is 10.6. The summed E-state index contributed by atoms with van der Waals surface area (Å²) in [5.41, 5.74) is 5.37. The Labute approximate surface area is 409 Å². The predicted octanol–water partition coefficient (Wildman–Crippen LogP) is 16.3. The third-order valence-corrected chi connectivity index (χ3v) is 11.6. The second-order valence-electron chi connectivity index (χ2n) is 17.0. The van der Waals surface area contributed by atoms with Crippen molar-refractivity contribution >= 4 is 19.8 Å². The van der Waals surface area contributed by atoms with Crippen LogP contribution >= 0.6 is 7.82 Å². The van der Waals surface area contributed by atoms with E-state index in [9.17, 15) is 19.0 Å². The largest absolute Gasteiger partial charge is 0.472 e. The number of hydrogen-bond acceptors (Lipinski definition) is 8. The smallest absolute Gasteiger partial charge is 0.462 e. The van der Waals surface area contributed by atoms with Gasteiger partial charge in [-0.15, -0.1) is 0 Å². The van der Waals surface area contributed by atoms with Crippen molar-refractivity contribution in [3.63, 3.8) is 0 Å². The summed E-state index contributed by atoms with van der Waals surface area (Å²) in [6.45, 7) is 3.56. The summed E-state index contributed by atoms with van der Waals surface area (Å²) in [5, 5.41) is 0. The molecule has 0 aliphatic heterocycles. The van der Waals surface area contributed by atoms with Gasteiger partial charge >= 0.3 is 19.8 Å². The summed E-state index contributed by atoms with van der Waals surface area (Å²) in [6.07, 6.45) is 69.9. The van der Waals surface area contributed by atoms with E-state index >= 15 is 0 Å². The average molecular weight is 954 g/mol. The zero-order chi connectivity index (χ0) is 48.8. The first-order valence-electron chi connectivity index (χ1n) is 26.4. The van der Waals surface area contributed by atoms with Crippen LogP contribution in [0.3, 0.4) is 0 Å². The van der Waals surface area contributed by atoms with Crippen LogP contribution in [-0.2, 0) is 32.7 Å². The molecule has 0 aromatic carbocycles. The minimum Gasteiger partial charge on any atom is -0.462 e. The number of rotatable bonds is 48. The molecule has 0 aliphatic rings. The minimum absolute atomic E-state index is 0.0401. The Balaban J connectivity index is 4.17. The summed E-state index contributed by atoms with van der Waals surface area (Å²) in [4.78, 5) is 35.1. The number of phosphoric acid groups is 1. The Morgan fingerprint density at radius 2 is 0.821 bits per heavy atom. The maximum atomic E-state index is 12.7. The Morgan fingerprint density at radius 3 is 1.27 bits per heavy atom. The lowest BCUT2D eigenvalue weighted by Crippen LogP contribution is -2.29. The van der Waals surface area contributed by atoms with Crippen LogP contribution in [0.5, 0.6) is 0 Å². The number of carbonyl (C=O) groups excluding carboxylic acids is 2. The fraction of sp³-hybridized carbons (Fsp3) is 0.649. The molecule has 2 unspecified atom stereocenters. The lowest BCUT2D eigenvalue weighted by Gasteiger charge is -2.19. The van der Waals surface area contributed by atoms with Gasteiger partial charge in [-0.2, -0.15) is 0 Å². The van der Waals surface area contributed by atoms with Gasteiger partial charge in [0.2, 0.25) is 0 Å². The number of nitrogens with two attached hydrogens (primary N) is 1. The molecule has 0 saturated carbocycles. The van der Waals surface area contributed by atoms with Crippen LogP contribution in [0.1, 0.15) is 206 Å². The number of phosphoric ester groups is 1. The number of hydrogen-bond donors (Lipinski definition) is 2. The van der Waals surface area contributed by atoms with E-state index in [0.717, 1.165) is 89.9 Å². The van der Waals surface area contributed by atoms with Gasteiger partial charge in [0.25, 0.3) is 0 Å². The van der Waals surface area contributed by atoms with Gasteiger partial charge < -0.3 is 20.1 Å². The van der Waals surface area contributed by atoms with Gasteiger partial charge in [0.1, 0.15) is 6.61 Å². The van der Waals surface area contributed by atoms with Crippen molar-refractivity contribution in [2.75, 3.05) is 26.4 Å². The molecule has 382 valence electrons. The highest BCUT2D eigenvalue weighted by atomic mass is 31.2. The van der Waals surface area contributed by atoms with Gasteiger partial charge in [-0.25, -0.2) is 4.57 Å². The molecular weight excluding hydrogens is 858 g/mol. The van der Waals surface area contributed by atoms with E-state index in [-0.39, 0.29) is 32.6 Å². The third kappa shape index (κ3) is 51.9. The van der Waals surface area contributed by atoms with Crippen molar-refractivity contribution in [3.05, 3.63) is 109 Å².